The molecule has 0 N–H and O–H groups in total. The number of ketones is 1. The molecule has 0 aromatic carbocycles. The molecule has 0 spiro atoms. The molecule has 0 amide bonds. The van der Waals surface area contributed by atoms with Crippen molar-refractivity contribution in [2.45, 2.75) is 63.8 Å². The van der Waals surface area contributed by atoms with Gasteiger partial charge in [-0.1, -0.05) is 19.3 Å². The molecule has 4 heteroatoms. The Morgan fingerprint density at radius 3 is 2.55 bits per heavy atom. The van der Waals surface area contributed by atoms with Crippen molar-refractivity contribution < 1.29 is 4.79 Å². The second-order valence-corrected chi connectivity index (χ2v) is 7.31. The minimum Gasteiger partial charge on any atom is -0.297 e. The van der Waals surface area contributed by atoms with E-state index >= 15 is 0 Å². The molecule has 1 aromatic rings. The van der Waals surface area contributed by atoms with E-state index in [0.717, 1.165) is 36.6 Å². The molecule has 3 rings (SSSR count). The number of rotatable bonds is 4. The van der Waals surface area contributed by atoms with Gasteiger partial charge in [-0.05, 0) is 45.7 Å². The van der Waals surface area contributed by atoms with Crippen LogP contribution in [0.25, 0.3) is 0 Å². The maximum absolute atomic E-state index is 13.0. The van der Waals surface area contributed by atoms with Gasteiger partial charge in [0, 0.05) is 5.38 Å². The van der Waals surface area contributed by atoms with Crippen LogP contribution in [0, 0.1) is 6.92 Å². The van der Waals surface area contributed by atoms with Crippen molar-refractivity contribution in [3.63, 3.8) is 0 Å². The largest absolute Gasteiger partial charge is 0.297 e. The summed E-state index contributed by atoms with van der Waals surface area (Å²) in [5.74, 6) is 0.419. The standard InChI is InChI=1S/C16H24N2OS/c1-13-17-14(12-20-13)11-15(19)16(7-3-4-8-16)18-9-5-2-6-10-18/h12H,2-11H2,1H3. The molecule has 0 radical (unpaired) electrons. The zero-order valence-electron chi connectivity index (χ0n) is 12.4. The number of aromatic nitrogens is 1. The van der Waals surface area contributed by atoms with E-state index in [2.05, 4.69) is 9.88 Å². The van der Waals surface area contributed by atoms with Crippen molar-refractivity contribution in [3.05, 3.63) is 16.1 Å². The molecule has 2 fully saturated rings. The van der Waals surface area contributed by atoms with Gasteiger partial charge in [0.15, 0.2) is 5.78 Å². The number of nitrogens with zero attached hydrogens (tertiary/aromatic N) is 2. The van der Waals surface area contributed by atoms with Gasteiger partial charge >= 0.3 is 0 Å². The third kappa shape index (κ3) is 2.68. The Kier molecular flexibility index (Phi) is 4.22. The van der Waals surface area contributed by atoms with Gasteiger partial charge in [0.1, 0.15) is 0 Å². The van der Waals surface area contributed by atoms with Gasteiger partial charge in [-0.25, -0.2) is 4.98 Å². The van der Waals surface area contributed by atoms with Crippen LogP contribution in [0.1, 0.15) is 55.6 Å². The number of likely N-dealkylation sites (tertiary alicyclic amines) is 1. The molecule has 2 aliphatic rings. The van der Waals surface area contributed by atoms with E-state index in [1.165, 1.54) is 32.1 Å². The molecule has 0 atom stereocenters. The smallest absolute Gasteiger partial charge is 0.159 e. The van der Waals surface area contributed by atoms with E-state index in [-0.39, 0.29) is 5.54 Å². The third-order valence-electron chi connectivity index (χ3n) is 4.92. The molecule has 0 unspecified atom stereocenters. The quantitative estimate of drug-likeness (QED) is 0.853. The zero-order chi connectivity index (χ0) is 14.0. The first kappa shape index (κ1) is 14.2. The van der Waals surface area contributed by atoms with Gasteiger partial charge in [-0.3, -0.25) is 9.69 Å². The van der Waals surface area contributed by atoms with Gasteiger partial charge < -0.3 is 0 Å². The Labute approximate surface area is 125 Å². The molecule has 3 nitrogen and oxygen atoms in total. The lowest BCUT2D eigenvalue weighted by molar-refractivity contribution is -0.131. The van der Waals surface area contributed by atoms with E-state index in [0.29, 0.717) is 12.2 Å². The summed E-state index contributed by atoms with van der Waals surface area (Å²) in [5.41, 5.74) is 0.818. The first-order chi connectivity index (χ1) is 9.71. The van der Waals surface area contributed by atoms with Crippen molar-refractivity contribution in [3.8, 4) is 0 Å². The van der Waals surface area contributed by atoms with Gasteiger partial charge in [-0.2, -0.15) is 0 Å². The van der Waals surface area contributed by atoms with Crippen LogP contribution >= 0.6 is 11.3 Å². The van der Waals surface area contributed by atoms with Crippen LogP contribution in [0.3, 0.4) is 0 Å². The fourth-order valence-electron chi connectivity index (χ4n) is 3.87. The summed E-state index contributed by atoms with van der Waals surface area (Å²) in [7, 11) is 0. The summed E-state index contributed by atoms with van der Waals surface area (Å²) in [6.45, 7) is 4.23. The SMILES string of the molecule is Cc1nc(CC(=O)C2(N3CCCCC3)CCCC2)cs1. The second-order valence-electron chi connectivity index (χ2n) is 6.24. The summed E-state index contributed by atoms with van der Waals surface area (Å²) in [6, 6.07) is 0. The Balaban J connectivity index is 1.76. The third-order valence-corrected chi connectivity index (χ3v) is 5.74. The van der Waals surface area contributed by atoms with Crippen molar-refractivity contribution in [1.82, 2.24) is 9.88 Å². The predicted molar refractivity (Wildman–Crippen MR) is 82.2 cm³/mol. The normalized spacial score (nSPS) is 23.1. The minimum atomic E-state index is -0.155. The number of Topliss-reactive ketones (excluding diaryl/α,β-unsaturated/α-hetero) is 1. The van der Waals surface area contributed by atoms with Gasteiger partial charge in [-0.15, -0.1) is 11.3 Å². The molecular weight excluding hydrogens is 268 g/mol. The summed E-state index contributed by atoms with van der Waals surface area (Å²) in [5, 5.41) is 3.11. The van der Waals surface area contributed by atoms with E-state index in [9.17, 15) is 4.79 Å². The van der Waals surface area contributed by atoms with Crippen LogP contribution in [0.15, 0.2) is 5.38 Å². The highest BCUT2D eigenvalue weighted by Gasteiger charge is 2.45. The molecule has 1 aliphatic heterocycles. The first-order valence-electron chi connectivity index (χ1n) is 7.90. The average Bonchev–Trinajstić information content (AvgIpc) is 3.10. The Morgan fingerprint density at radius 2 is 1.95 bits per heavy atom. The number of carbonyl (C=O) groups is 1. The van der Waals surface area contributed by atoms with Crippen LogP contribution in [0.5, 0.6) is 0 Å². The Morgan fingerprint density at radius 1 is 1.25 bits per heavy atom. The molecule has 1 aromatic heterocycles. The van der Waals surface area contributed by atoms with Crippen LogP contribution in [-0.4, -0.2) is 34.3 Å². The van der Waals surface area contributed by atoms with Gasteiger partial charge in [0.2, 0.25) is 0 Å². The highest BCUT2D eigenvalue weighted by molar-refractivity contribution is 7.09. The molecule has 110 valence electrons. The lowest BCUT2D eigenvalue weighted by Gasteiger charge is -2.42. The fraction of sp³-hybridized carbons (Fsp3) is 0.750. The van der Waals surface area contributed by atoms with E-state index in [1.54, 1.807) is 11.3 Å². The summed E-state index contributed by atoms with van der Waals surface area (Å²) >= 11 is 1.65. The highest BCUT2D eigenvalue weighted by atomic mass is 32.1. The number of hydrogen-bond donors (Lipinski definition) is 0. The topological polar surface area (TPSA) is 33.2 Å². The maximum atomic E-state index is 13.0. The van der Waals surface area contributed by atoms with Crippen LogP contribution in [0.4, 0.5) is 0 Å². The fourth-order valence-corrected chi connectivity index (χ4v) is 4.48. The second kappa shape index (κ2) is 5.94. The molecule has 1 saturated heterocycles. The van der Waals surface area contributed by atoms with Gasteiger partial charge in [0.05, 0.1) is 22.7 Å². The van der Waals surface area contributed by atoms with E-state index in [4.69, 9.17) is 0 Å². The number of aryl methyl sites for hydroxylation is 1. The molecule has 20 heavy (non-hydrogen) atoms. The number of hydrogen-bond acceptors (Lipinski definition) is 4. The van der Waals surface area contributed by atoms with Gasteiger partial charge in [0.25, 0.3) is 0 Å². The monoisotopic (exact) mass is 292 g/mol. The van der Waals surface area contributed by atoms with Crippen LogP contribution in [0.2, 0.25) is 0 Å². The Bertz CT molecular complexity index is 471. The molecule has 1 aliphatic carbocycles. The van der Waals surface area contributed by atoms with Crippen LogP contribution < -0.4 is 0 Å². The van der Waals surface area contributed by atoms with E-state index < -0.39 is 0 Å². The number of piperidine rings is 1. The first-order valence-corrected chi connectivity index (χ1v) is 8.78. The van der Waals surface area contributed by atoms with Crippen molar-refractivity contribution >= 4 is 17.1 Å². The minimum absolute atomic E-state index is 0.155. The lowest BCUT2D eigenvalue weighted by Crippen LogP contribution is -2.55. The van der Waals surface area contributed by atoms with E-state index in [1.807, 2.05) is 12.3 Å². The van der Waals surface area contributed by atoms with Crippen molar-refractivity contribution in [2.24, 2.45) is 0 Å². The summed E-state index contributed by atoms with van der Waals surface area (Å²) in [4.78, 5) is 20.0. The lowest BCUT2D eigenvalue weighted by atomic mass is 9.85. The molecular formula is C16H24N2OS. The molecule has 0 bridgehead atoms. The molecule has 1 saturated carbocycles. The van der Waals surface area contributed by atoms with Crippen molar-refractivity contribution in [1.29, 1.82) is 0 Å². The number of thiazole rings is 1. The maximum Gasteiger partial charge on any atom is 0.159 e. The average molecular weight is 292 g/mol. The number of carbonyl (C=O) groups excluding carboxylic acids is 1. The summed E-state index contributed by atoms with van der Waals surface area (Å²) in [6.07, 6.45) is 8.91. The highest BCUT2D eigenvalue weighted by Crippen LogP contribution is 2.38. The van der Waals surface area contributed by atoms with Crippen LogP contribution in [-0.2, 0) is 11.2 Å². The molecule has 2 heterocycles. The van der Waals surface area contributed by atoms with Crippen molar-refractivity contribution in [2.75, 3.05) is 13.1 Å². The Hall–Kier alpha value is -0.740. The predicted octanol–water partition coefficient (Wildman–Crippen LogP) is 3.36. The zero-order valence-corrected chi connectivity index (χ0v) is 13.2. The summed E-state index contributed by atoms with van der Waals surface area (Å²) < 4.78 is 0.